The van der Waals surface area contributed by atoms with E-state index in [0.29, 0.717) is 46.6 Å². The van der Waals surface area contributed by atoms with E-state index in [1.54, 1.807) is 12.1 Å². The molecule has 2 N–H and O–H groups in total. The molecule has 8 heteroatoms. The van der Waals surface area contributed by atoms with Gasteiger partial charge >= 0.3 is 0 Å². The van der Waals surface area contributed by atoms with E-state index in [1.807, 2.05) is 0 Å². The van der Waals surface area contributed by atoms with Crippen LogP contribution < -0.4 is 29.7 Å². The standard InChI is InChI=1S/C21H21NO7/c1-10(23)22-14-6-4-12-17(11-5-7-16(26-2)15(24)8-13(11)14)19-21(29-9-28-19)20(27-3)18(12)25/h5,7-8,14,25H,4,6,9H2,1-3H3,(H,22,23). The Morgan fingerprint density at radius 1 is 1.21 bits per heavy atom. The summed E-state index contributed by atoms with van der Waals surface area (Å²) < 4.78 is 21.8. The van der Waals surface area contributed by atoms with Gasteiger partial charge in [0.05, 0.1) is 20.3 Å². The van der Waals surface area contributed by atoms with Crippen LogP contribution in [-0.2, 0) is 11.2 Å². The van der Waals surface area contributed by atoms with Gasteiger partial charge < -0.3 is 29.4 Å². The molecule has 0 bridgehead atoms. The number of nitrogens with one attached hydrogen (secondary N) is 1. The first-order valence-corrected chi connectivity index (χ1v) is 9.17. The van der Waals surface area contributed by atoms with E-state index in [-0.39, 0.29) is 35.4 Å². The zero-order valence-corrected chi connectivity index (χ0v) is 16.3. The van der Waals surface area contributed by atoms with Crippen molar-refractivity contribution < 1.29 is 28.8 Å². The summed E-state index contributed by atoms with van der Waals surface area (Å²) in [6.07, 6.45) is 0.907. The fourth-order valence-electron chi connectivity index (χ4n) is 4.00. The lowest BCUT2D eigenvalue weighted by atomic mass is 9.95. The summed E-state index contributed by atoms with van der Waals surface area (Å²) in [6, 6.07) is 4.35. The average molecular weight is 399 g/mol. The van der Waals surface area contributed by atoms with Crippen molar-refractivity contribution in [3.8, 4) is 39.9 Å². The number of amides is 1. The molecule has 1 heterocycles. The van der Waals surface area contributed by atoms with Crippen LogP contribution in [0.25, 0.3) is 11.1 Å². The van der Waals surface area contributed by atoms with Crippen molar-refractivity contribution in [3.63, 3.8) is 0 Å². The predicted molar refractivity (Wildman–Crippen MR) is 104 cm³/mol. The maximum Gasteiger partial charge on any atom is 0.231 e. The highest BCUT2D eigenvalue weighted by Crippen LogP contribution is 2.57. The van der Waals surface area contributed by atoms with Gasteiger partial charge in [-0.05, 0) is 36.1 Å². The lowest BCUT2D eigenvalue weighted by Crippen LogP contribution is -2.26. The normalized spacial score (nSPS) is 16.3. The first kappa shape index (κ1) is 18.9. The molecule has 1 aliphatic carbocycles. The van der Waals surface area contributed by atoms with Crippen LogP contribution in [-0.4, -0.2) is 32.0 Å². The van der Waals surface area contributed by atoms with Crippen LogP contribution in [0.1, 0.15) is 30.5 Å². The summed E-state index contributed by atoms with van der Waals surface area (Å²) in [5, 5.41) is 13.8. The van der Waals surface area contributed by atoms with Gasteiger partial charge in [-0.15, -0.1) is 0 Å². The molecule has 0 saturated heterocycles. The van der Waals surface area contributed by atoms with Gasteiger partial charge in [0.2, 0.25) is 29.6 Å². The molecule has 0 spiro atoms. The van der Waals surface area contributed by atoms with E-state index in [0.717, 1.165) is 0 Å². The molecule has 0 saturated carbocycles. The number of phenols is 1. The molecule has 1 amide bonds. The fourth-order valence-corrected chi connectivity index (χ4v) is 4.00. The lowest BCUT2D eigenvalue weighted by Gasteiger charge is -2.17. The second-order valence-electron chi connectivity index (χ2n) is 6.87. The maximum absolute atomic E-state index is 12.6. The molecule has 2 aromatic rings. The number of hydrogen-bond donors (Lipinski definition) is 2. The number of benzene rings is 1. The quantitative estimate of drug-likeness (QED) is 0.816. The van der Waals surface area contributed by atoms with Crippen molar-refractivity contribution in [1.82, 2.24) is 5.32 Å². The number of fused-ring (bicyclic) bond motifs is 5. The number of carbonyl (C=O) groups excluding carboxylic acids is 1. The fraction of sp³-hybridized carbons (Fsp3) is 0.333. The van der Waals surface area contributed by atoms with Gasteiger partial charge in [-0.25, -0.2) is 0 Å². The Morgan fingerprint density at radius 3 is 2.66 bits per heavy atom. The lowest BCUT2D eigenvalue weighted by molar-refractivity contribution is -0.119. The number of carbonyl (C=O) groups is 1. The Morgan fingerprint density at radius 2 is 1.97 bits per heavy atom. The third kappa shape index (κ3) is 3.00. The van der Waals surface area contributed by atoms with Crippen molar-refractivity contribution in [1.29, 1.82) is 0 Å². The van der Waals surface area contributed by atoms with Gasteiger partial charge in [-0.3, -0.25) is 9.59 Å². The number of ether oxygens (including phenoxy) is 4. The van der Waals surface area contributed by atoms with E-state index >= 15 is 0 Å². The number of methoxy groups -OCH3 is 2. The first-order valence-electron chi connectivity index (χ1n) is 9.17. The highest BCUT2D eigenvalue weighted by Gasteiger charge is 2.35. The van der Waals surface area contributed by atoms with Crippen LogP contribution in [0.3, 0.4) is 0 Å². The third-order valence-electron chi connectivity index (χ3n) is 5.22. The molecular weight excluding hydrogens is 378 g/mol. The van der Waals surface area contributed by atoms with Crippen LogP contribution in [0, 0.1) is 0 Å². The molecule has 4 rings (SSSR count). The number of hydrogen-bond acceptors (Lipinski definition) is 7. The zero-order valence-electron chi connectivity index (χ0n) is 16.3. The predicted octanol–water partition coefficient (Wildman–Crippen LogP) is 2.29. The highest BCUT2D eigenvalue weighted by atomic mass is 16.7. The first-order chi connectivity index (χ1) is 14.0. The Balaban J connectivity index is 2.08. The molecule has 1 atom stereocenters. The van der Waals surface area contributed by atoms with Crippen molar-refractivity contribution >= 4 is 5.91 Å². The van der Waals surface area contributed by atoms with E-state index in [1.165, 1.54) is 27.2 Å². The van der Waals surface area contributed by atoms with Crippen molar-refractivity contribution in [3.05, 3.63) is 39.5 Å². The SMILES string of the molecule is COc1c(O)c2c(c3c1OCO3)-c1ccc(OC)c(=O)cc1C(NC(C)=O)CC2. The minimum atomic E-state index is -0.428. The van der Waals surface area contributed by atoms with E-state index in [9.17, 15) is 14.7 Å². The van der Waals surface area contributed by atoms with Gasteiger partial charge in [-0.2, -0.15) is 0 Å². The monoisotopic (exact) mass is 399 g/mol. The van der Waals surface area contributed by atoms with Gasteiger partial charge in [0.25, 0.3) is 0 Å². The number of rotatable bonds is 3. The Labute approximate surface area is 167 Å². The molecule has 152 valence electrons. The van der Waals surface area contributed by atoms with Crippen LogP contribution in [0.4, 0.5) is 0 Å². The molecule has 1 aliphatic heterocycles. The van der Waals surface area contributed by atoms with E-state index in [4.69, 9.17) is 18.9 Å². The Kier molecular flexibility index (Phi) is 4.70. The molecule has 1 unspecified atom stereocenters. The summed E-state index contributed by atoms with van der Waals surface area (Å²) >= 11 is 0. The van der Waals surface area contributed by atoms with Gasteiger partial charge in [-0.1, -0.05) is 6.07 Å². The second kappa shape index (κ2) is 7.20. The topological polar surface area (TPSA) is 103 Å². The summed E-state index contributed by atoms with van der Waals surface area (Å²) in [5.74, 6) is 0.878. The van der Waals surface area contributed by atoms with E-state index < -0.39 is 6.04 Å². The minimum absolute atomic E-state index is 0.0128. The average Bonchev–Trinajstić information content (AvgIpc) is 3.03. The highest BCUT2D eigenvalue weighted by molar-refractivity contribution is 5.86. The largest absolute Gasteiger partial charge is 0.504 e. The molecule has 29 heavy (non-hydrogen) atoms. The van der Waals surface area contributed by atoms with Crippen LogP contribution in [0.15, 0.2) is 23.0 Å². The van der Waals surface area contributed by atoms with Crippen LogP contribution in [0.5, 0.6) is 28.7 Å². The zero-order chi connectivity index (χ0) is 20.7. The summed E-state index contributed by atoms with van der Waals surface area (Å²) in [5.41, 5.74) is 2.19. The molecule has 8 nitrogen and oxygen atoms in total. The Bertz CT molecular complexity index is 1060. The Hall–Kier alpha value is -3.42. The smallest absolute Gasteiger partial charge is 0.231 e. The maximum atomic E-state index is 12.6. The van der Waals surface area contributed by atoms with Crippen LogP contribution >= 0.6 is 0 Å². The summed E-state index contributed by atoms with van der Waals surface area (Å²) in [4.78, 5) is 24.4. The molecule has 2 aromatic carbocycles. The van der Waals surface area contributed by atoms with Crippen molar-refractivity contribution in [2.75, 3.05) is 21.0 Å². The number of phenolic OH excluding ortho intramolecular Hbond substituents is 1. The van der Waals surface area contributed by atoms with Gasteiger partial charge in [0.15, 0.2) is 17.2 Å². The van der Waals surface area contributed by atoms with Crippen molar-refractivity contribution in [2.45, 2.75) is 25.8 Å². The number of aromatic hydroxyl groups is 1. The summed E-state index contributed by atoms with van der Waals surface area (Å²) in [7, 11) is 2.87. The van der Waals surface area contributed by atoms with Crippen molar-refractivity contribution in [2.24, 2.45) is 0 Å². The molecule has 0 radical (unpaired) electrons. The summed E-state index contributed by atoms with van der Waals surface area (Å²) in [6.45, 7) is 1.41. The van der Waals surface area contributed by atoms with Gasteiger partial charge in [0.1, 0.15) is 0 Å². The molecule has 0 aromatic heterocycles. The minimum Gasteiger partial charge on any atom is -0.504 e. The molecular formula is C21H21NO7. The molecule has 2 aliphatic rings. The third-order valence-corrected chi connectivity index (χ3v) is 5.22. The molecule has 0 fully saturated rings. The van der Waals surface area contributed by atoms with Gasteiger partial charge in [0, 0.05) is 18.1 Å². The van der Waals surface area contributed by atoms with Crippen LogP contribution in [0.2, 0.25) is 0 Å². The second-order valence-corrected chi connectivity index (χ2v) is 6.87. The van der Waals surface area contributed by atoms with E-state index in [2.05, 4.69) is 5.32 Å².